The van der Waals surface area contributed by atoms with Crippen molar-refractivity contribution in [2.45, 2.75) is 19.8 Å². The average molecular weight is 359 g/mol. The third-order valence-corrected chi connectivity index (χ3v) is 5.89. The smallest absolute Gasteiger partial charge is 0.251 e. The van der Waals surface area contributed by atoms with E-state index in [1.54, 1.807) is 11.3 Å². The van der Waals surface area contributed by atoms with Crippen LogP contribution in [-0.2, 0) is 0 Å². The number of aliphatic hydroxyl groups is 1. The zero-order valence-corrected chi connectivity index (χ0v) is 15.5. The number of aryl methyl sites for hydroxylation is 1. The van der Waals surface area contributed by atoms with E-state index in [4.69, 9.17) is 0 Å². The van der Waals surface area contributed by atoms with E-state index in [-0.39, 0.29) is 12.5 Å². The molecule has 0 aliphatic carbocycles. The molecule has 0 radical (unpaired) electrons. The number of aliphatic hydroxyl groups excluding tert-OH is 1. The van der Waals surface area contributed by atoms with Crippen molar-refractivity contribution in [3.8, 4) is 10.4 Å². The highest BCUT2D eigenvalue weighted by Gasteiger charge is 2.18. The maximum absolute atomic E-state index is 12.4. The predicted molar refractivity (Wildman–Crippen MR) is 103 cm³/mol. The lowest BCUT2D eigenvalue weighted by Crippen LogP contribution is -2.41. The number of carbonyl (C=O) groups is 1. The molecular weight excluding hydrogens is 332 g/mol. The molecule has 4 nitrogen and oxygen atoms in total. The molecule has 2 N–H and O–H groups in total. The van der Waals surface area contributed by atoms with Crippen molar-refractivity contribution in [2.75, 3.05) is 32.8 Å². The van der Waals surface area contributed by atoms with Crippen LogP contribution < -0.4 is 5.32 Å². The Hall–Kier alpha value is -1.69. The van der Waals surface area contributed by atoms with Crippen LogP contribution in [0.15, 0.2) is 35.7 Å². The summed E-state index contributed by atoms with van der Waals surface area (Å²) in [7, 11) is 0. The van der Waals surface area contributed by atoms with Gasteiger partial charge in [-0.3, -0.25) is 4.79 Å². The van der Waals surface area contributed by atoms with Gasteiger partial charge in [-0.15, -0.1) is 11.3 Å². The fraction of sp³-hybridized carbons (Fsp3) is 0.450. The lowest BCUT2D eigenvalue weighted by molar-refractivity contribution is 0.0930. The standard InChI is InChI=1S/C20H26N2O2S/c1-15-7-11-25-19(15)17-5-2-6-18(12-17)20(24)21-8-10-22-9-3-4-16(13-22)14-23/h2,5-7,11-12,16,23H,3-4,8-10,13-14H2,1H3,(H,21,24). The number of hydrogen-bond acceptors (Lipinski definition) is 4. The quantitative estimate of drug-likeness (QED) is 0.834. The lowest BCUT2D eigenvalue weighted by Gasteiger charge is -2.31. The third kappa shape index (κ3) is 4.69. The maximum atomic E-state index is 12.4. The Bertz CT molecular complexity index is 713. The minimum atomic E-state index is -0.0215. The second-order valence-corrected chi connectivity index (χ2v) is 7.68. The van der Waals surface area contributed by atoms with Gasteiger partial charge in [-0.25, -0.2) is 0 Å². The van der Waals surface area contributed by atoms with E-state index in [9.17, 15) is 9.90 Å². The Morgan fingerprint density at radius 1 is 1.40 bits per heavy atom. The monoisotopic (exact) mass is 358 g/mol. The Kier molecular flexibility index (Phi) is 6.24. The van der Waals surface area contributed by atoms with Crippen molar-refractivity contribution in [2.24, 2.45) is 5.92 Å². The van der Waals surface area contributed by atoms with Gasteiger partial charge < -0.3 is 15.3 Å². The molecule has 134 valence electrons. The second kappa shape index (κ2) is 8.61. The minimum Gasteiger partial charge on any atom is -0.396 e. The van der Waals surface area contributed by atoms with E-state index in [2.05, 4.69) is 34.7 Å². The molecule has 1 saturated heterocycles. The number of hydrogen-bond donors (Lipinski definition) is 2. The van der Waals surface area contributed by atoms with Crippen molar-refractivity contribution in [3.05, 3.63) is 46.8 Å². The molecular formula is C20H26N2O2S. The number of carbonyl (C=O) groups excluding carboxylic acids is 1. The molecule has 2 heterocycles. The Labute approximate surface area is 153 Å². The molecule has 1 aliphatic heterocycles. The van der Waals surface area contributed by atoms with E-state index in [1.165, 1.54) is 10.4 Å². The number of piperidine rings is 1. The first-order chi connectivity index (χ1) is 12.2. The van der Waals surface area contributed by atoms with Crippen LogP contribution in [0.3, 0.4) is 0 Å². The van der Waals surface area contributed by atoms with Crippen LogP contribution >= 0.6 is 11.3 Å². The molecule has 1 fully saturated rings. The fourth-order valence-electron chi connectivity index (χ4n) is 3.40. The normalized spacial score (nSPS) is 18.2. The van der Waals surface area contributed by atoms with Crippen LogP contribution in [0.2, 0.25) is 0 Å². The Morgan fingerprint density at radius 2 is 2.28 bits per heavy atom. The number of amides is 1. The molecule has 1 aromatic heterocycles. The molecule has 1 amide bonds. The largest absolute Gasteiger partial charge is 0.396 e. The minimum absolute atomic E-state index is 0.0215. The van der Waals surface area contributed by atoms with Gasteiger partial charge in [0.05, 0.1) is 0 Å². The molecule has 1 aromatic carbocycles. The maximum Gasteiger partial charge on any atom is 0.251 e. The Balaban J connectivity index is 1.54. The number of nitrogens with zero attached hydrogens (tertiary/aromatic N) is 1. The van der Waals surface area contributed by atoms with Crippen molar-refractivity contribution in [1.82, 2.24) is 10.2 Å². The molecule has 0 spiro atoms. The Morgan fingerprint density at radius 3 is 3.04 bits per heavy atom. The highest BCUT2D eigenvalue weighted by molar-refractivity contribution is 7.13. The van der Waals surface area contributed by atoms with E-state index < -0.39 is 0 Å². The topological polar surface area (TPSA) is 52.6 Å². The van der Waals surface area contributed by atoms with Crippen LogP contribution in [0, 0.1) is 12.8 Å². The lowest BCUT2D eigenvalue weighted by atomic mass is 9.99. The average Bonchev–Trinajstić information content (AvgIpc) is 3.08. The van der Waals surface area contributed by atoms with E-state index in [0.717, 1.165) is 38.0 Å². The summed E-state index contributed by atoms with van der Waals surface area (Å²) in [6.07, 6.45) is 2.23. The van der Waals surface area contributed by atoms with Gasteiger partial charge in [0, 0.05) is 36.7 Å². The molecule has 1 atom stereocenters. The summed E-state index contributed by atoms with van der Waals surface area (Å²) in [5.41, 5.74) is 3.05. The van der Waals surface area contributed by atoms with Crippen molar-refractivity contribution >= 4 is 17.2 Å². The predicted octanol–water partition coefficient (Wildman–Crippen LogP) is 3.16. The fourth-order valence-corrected chi connectivity index (χ4v) is 4.33. The van der Waals surface area contributed by atoms with Crippen LogP contribution in [0.4, 0.5) is 0 Å². The van der Waals surface area contributed by atoms with Crippen LogP contribution in [-0.4, -0.2) is 48.7 Å². The zero-order chi connectivity index (χ0) is 17.6. The molecule has 1 aliphatic rings. The summed E-state index contributed by atoms with van der Waals surface area (Å²) in [4.78, 5) is 16.0. The first-order valence-electron chi connectivity index (χ1n) is 8.93. The van der Waals surface area contributed by atoms with Gasteiger partial charge >= 0.3 is 0 Å². The van der Waals surface area contributed by atoms with Crippen LogP contribution in [0.25, 0.3) is 10.4 Å². The van der Waals surface area contributed by atoms with Crippen LogP contribution in [0.1, 0.15) is 28.8 Å². The van der Waals surface area contributed by atoms with Crippen molar-refractivity contribution in [3.63, 3.8) is 0 Å². The number of nitrogens with one attached hydrogen (secondary N) is 1. The summed E-state index contributed by atoms with van der Waals surface area (Å²) in [5.74, 6) is 0.363. The number of likely N-dealkylation sites (tertiary alicyclic amines) is 1. The summed E-state index contributed by atoms with van der Waals surface area (Å²) >= 11 is 1.70. The molecule has 0 saturated carbocycles. The van der Waals surface area contributed by atoms with Crippen molar-refractivity contribution < 1.29 is 9.90 Å². The van der Waals surface area contributed by atoms with Crippen LogP contribution in [0.5, 0.6) is 0 Å². The number of rotatable bonds is 6. The van der Waals surface area contributed by atoms with Crippen molar-refractivity contribution in [1.29, 1.82) is 0 Å². The van der Waals surface area contributed by atoms with Gasteiger partial charge in [-0.2, -0.15) is 0 Å². The molecule has 2 aromatic rings. The highest BCUT2D eigenvalue weighted by atomic mass is 32.1. The number of benzene rings is 1. The van der Waals surface area contributed by atoms with Gasteiger partial charge in [0.15, 0.2) is 0 Å². The molecule has 5 heteroatoms. The summed E-state index contributed by atoms with van der Waals surface area (Å²) in [6.45, 7) is 5.82. The second-order valence-electron chi connectivity index (χ2n) is 6.76. The van der Waals surface area contributed by atoms with E-state index in [1.807, 2.05) is 18.2 Å². The van der Waals surface area contributed by atoms with Gasteiger partial charge in [0.25, 0.3) is 5.91 Å². The summed E-state index contributed by atoms with van der Waals surface area (Å²) in [5, 5.41) is 14.4. The highest BCUT2D eigenvalue weighted by Crippen LogP contribution is 2.29. The zero-order valence-electron chi connectivity index (χ0n) is 14.7. The van der Waals surface area contributed by atoms with Gasteiger partial charge in [0.1, 0.15) is 0 Å². The number of thiophene rings is 1. The molecule has 3 rings (SSSR count). The molecule has 0 bridgehead atoms. The van der Waals surface area contributed by atoms with Gasteiger partial charge in [0.2, 0.25) is 0 Å². The molecule has 1 unspecified atom stereocenters. The third-order valence-electron chi connectivity index (χ3n) is 4.82. The van der Waals surface area contributed by atoms with E-state index in [0.29, 0.717) is 18.0 Å². The first-order valence-corrected chi connectivity index (χ1v) is 9.81. The SMILES string of the molecule is Cc1ccsc1-c1cccc(C(=O)NCCN2CCCC(CO)C2)c1. The van der Waals surface area contributed by atoms with Gasteiger partial charge in [-0.05, 0) is 66.9 Å². The summed E-state index contributed by atoms with van der Waals surface area (Å²) < 4.78 is 0. The summed E-state index contributed by atoms with van der Waals surface area (Å²) in [6, 6.07) is 9.94. The van der Waals surface area contributed by atoms with E-state index >= 15 is 0 Å². The molecule has 25 heavy (non-hydrogen) atoms. The first kappa shape index (κ1) is 18.1. The van der Waals surface area contributed by atoms with Gasteiger partial charge in [-0.1, -0.05) is 12.1 Å².